The van der Waals surface area contributed by atoms with E-state index in [1.165, 1.54) is 0 Å². The number of carbonyl (C=O) groups excluding carboxylic acids is 1. The summed E-state index contributed by atoms with van der Waals surface area (Å²) in [4.78, 5) is 22.3. The number of carboxylic acids is 1. The van der Waals surface area contributed by atoms with Crippen LogP contribution in [0.25, 0.3) is 0 Å². The van der Waals surface area contributed by atoms with Crippen molar-refractivity contribution >= 4 is 11.9 Å². The van der Waals surface area contributed by atoms with E-state index < -0.39 is 40.4 Å². The molecule has 0 saturated heterocycles. The lowest BCUT2D eigenvalue weighted by Gasteiger charge is -2.25. The number of hydrogen-bond acceptors (Lipinski definition) is 2. The Morgan fingerprint density at radius 1 is 1.15 bits per heavy atom. The molecule has 0 spiro atoms. The molecule has 0 radical (unpaired) electrons. The van der Waals surface area contributed by atoms with Crippen molar-refractivity contribution < 1.29 is 27.9 Å². The summed E-state index contributed by atoms with van der Waals surface area (Å²) in [5.74, 6) is -5.87. The highest BCUT2D eigenvalue weighted by molar-refractivity contribution is 5.95. The maximum absolute atomic E-state index is 13.4. The Hall–Kier alpha value is -2.05. The summed E-state index contributed by atoms with van der Waals surface area (Å²) >= 11 is 0. The van der Waals surface area contributed by atoms with Crippen LogP contribution in [0, 0.1) is 17.5 Å². The molecule has 0 fully saturated rings. The van der Waals surface area contributed by atoms with Crippen LogP contribution in [0.3, 0.4) is 0 Å². The second-order valence-corrected chi connectivity index (χ2v) is 4.98. The second kappa shape index (κ2) is 5.94. The number of hydrogen-bond donors (Lipinski definition) is 2. The smallest absolute Gasteiger partial charge is 0.303 e. The number of carboxylic acid groups (broad SMARTS) is 1. The molecule has 4 nitrogen and oxygen atoms in total. The summed E-state index contributed by atoms with van der Waals surface area (Å²) in [6.07, 6.45) is -0.0765. The highest BCUT2D eigenvalue weighted by atomic mass is 19.2. The standard InChI is InChI=1S/C13H14F3NO3/c1-13(2,4-3-11(18)19)17-12(20)7-5-9(15)10(16)6-8(7)14/h5-6H,3-4H2,1-2H3,(H,17,20)(H,18,19). The molecule has 1 amide bonds. The van der Waals surface area contributed by atoms with Gasteiger partial charge in [0.25, 0.3) is 5.91 Å². The van der Waals surface area contributed by atoms with Crippen LogP contribution in [0.1, 0.15) is 37.0 Å². The van der Waals surface area contributed by atoms with Crippen LogP contribution in [0.5, 0.6) is 0 Å². The average molecular weight is 289 g/mol. The predicted octanol–water partition coefficient (Wildman–Crippen LogP) is 2.48. The first kappa shape index (κ1) is 16.0. The first-order valence-electron chi connectivity index (χ1n) is 5.81. The first-order chi connectivity index (χ1) is 9.12. The molecule has 20 heavy (non-hydrogen) atoms. The van der Waals surface area contributed by atoms with Gasteiger partial charge in [-0.25, -0.2) is 13.2 Å². The van der Waals surface area contributed by atoms with Gasteiger partial charge in [-0.3, -0.25) is 9.59 Å². The van der Waals surface area contributed by atoms with Crippen molar-refractivity contribution in [1.82, 2.24) is 5.32 Å². The van der Waals surface area contributed by atoms with Crippen molar-refractivity contribution in [3.05, 3.63) is 35.1 Å². The molecule has 0 saturated carbocycles. The van der Waals surface area contributed by atoms with Gasteiger partial charge in [0, 0.05) is 18.0 Å². The Balaban J connectivity index is 2.86. The predicted molar refractivity (Wildman–Crippen MR) is 64.7 cm³/mol. The molecule has 1 aromatic carbocycles. The topological polar surface area (TPSA) is 66.4 Å². The van der Waals surface area contributed by atoms with E-state index in [0.717, 1.165) is 0 Å². The summed E-state index contributed by atoms with van der Waals surface area (Å²) in [6, 6.07) is 0.752. The lowest BCUT2D eigenvalue weighted by Crippen LogP contribution is -2.44. The molecule has 0 heterocycles. The van der Waals surface area contributed by atoms with Crippen LogP contribution in [-0.4, -0.2) is 22.5 Å². The molecule has 110 valence electrons. The second-order valence-electron chi connectivity index (χ2n) is 4.98. The number of nitrogens with one attached hydrogen (secondary N) is 1. The summed E-state index contributed by atoms with van der Waals surface area (Å²) in [5.41, 5.74) is -1.56. The Bertz CT molecular complexity index is 544. The fraction of sp³-hybridized carbons (Fsp3) is 0.385. The number of halogens is 3. The summed E-state index contributed by atoms with van der Waals surface area (Å²) in [6.45, 7) is 3.09. The van der Waals surface area contributed by atoms with E-state index in [0.29, 0.717) is 6.07 Å². The van der Waals surface area contributed by atoms with Crippen LogP contribution < -0.4 is 5.32 Å². The molecular weight excluding hydrogens is 275 g/mol. The maximum Gasteiger partial charge on any atom is 0.303 e. The third-order valence-electron chi connectivity index (χ3n) is 2.67. The molecule has 1 rings (SSSR count). The molecule has 0 aliphatic heterocycles. The van der Waals surface area contributed by atoms with Crippen LogP contribution in [0.4, 0.5) is 13.2 Å². The van der Waals surface area contributed by atoms with Gasteiger partial charge in [-0.05, 0) is 26.3 Å². The van der Waals surface area contributed by atoms with Gasteiger partial charge in [-0.15, -0.1) is 0 Å². The van der Waals surface area contributed by atoms with E-state index in [1.54, 1.807) is 13.8 Å². The van der Waals surface area contributed by atoms with E-state index >= 15 is 0 Å². The minimum atomic E-state index is -1.39. The highest BCUT2D eigenvalue weighted by Crippen LogP contribution is 2.17. The fourth-order valence-electron chi connectivity index (χ4n) is 1.55. The molecule has 0 atom stereocenters. The van der Waals surface area contributed by atoms with Crippen LogP contribution in [-0.2, 0) is 4.79 Å². The quantitative estimate of drug-likeness (QED) is 0.818. The lowest BCUT2D eigenvalue weighted by atomic mass is 9.97. The Morgan fingerprint density at radius 3 is 2.25 bits per heavy atom. The average Bonchev–Trinajstić information content (AvgIpc) is 2.30. The van der Waals surface area contributed by atoms with E-state index in [2.05, 4.69) is 5.32 Å². The van der Waals surface area contributed by atoms with Gasteiger partial charge in [0.05, 0.1) is 5.56 Å². The van der Waals surface area contributed by atoms with Gasteiger partial charge in [0.2, 0.25) is 0 Å². The number of aliphatic carboxylic acids is 1. The van der Waals surface area contributed by atoms with Crippen LogP contribution in [0.15, 0.2) is 12.1 Å². The molecule has 0 bridgehead atoms. The van der Waals surface area contributed by atoms with Crippen molar-refractivity contribution in [2.24, 2.45) is 0 Å². The lowest BCUT2D eigenvalue weighted by molar-refractivity contribution is -0.137. The minimum absolute atomic E-state index is 0.110. The van der Waals surface area contributed by atoms with Crippen molar-refractivity contribution in [2.75, 3.05) is 0 Å². The monoisotopic (exact) mass is 289 g/mol. The third-order valence-corrected chi connectivity index (χ3v) is 2.67. The number of carbonyl (C=O) groups is 2. The minimum Gasteiger partial charge on any atom is -0.481 e. The van der Waals surface area contributed by atoms with Gasteiger partial charge in [-0.2, -0.15) is 0 Å². The molecule has 0 aliphatic rings. The molecule has 0 aromatic heterocycles. The summed E-state index contributed by atoms with van der Waals surface area (Å²) in [5, 5.41) is 11.0. The van der Waals surface area contributed by atoms with Crippen LogP contribution >= 0.6 is 0 Å². The summed E-state index contributed by atoms with van der Waals surface area (Å²) < 4.78 is 39.2. The van der Waals surface area contributed by atoms with Gasteiger partial charge >= 0.3 is 5.97 Å². The first-order valence-corrected chi connectivity index (χ1v) is 5.81. The van der Waals surface area contributed by atoms with E-state index in [1.807, 2.05) is 0 Å². The largest absolute Gasteiger partial charge is 0.481 e. The van der Waals surface area contributed by atoms with E-state index in [9.17, 15) is 22.8 Å². The molecule has 0 aliphatic carbocycles. The molecule has 0 unspecified atom stereocenters. The molecule has 7 heteroatoms. The Labute approximate surface area is 113 Å². The Morgan fingerprint density at radius 2 is 1.70 bits per heavy atom. The van der Waals surface area contributed by atoms with Gasteiger partial charge in [0.1, 0.15) is 5.82 Å². The van der Waals surface area contributed by atoms with E-state index in [4.69, 9.17) is 5.11 Å². The zero-order chi connectivity index (χ0) is 15.5. The van der Waals surface area contributed by atoms with Crippen LogP contribution in [0.2, 0.25) is 0 Å². The molecule has 1 aromatic rings. The fourth-order valence-corrected chi connectivity index (χ4v) is 1.55. The molecular formula is C13H14F3NO3. The highest BCUT2D eigenvalue weighted by Gasteiger charge is 2.24. The Kier molecular flexibility index (Phi) is 4.75. The third kappa shape index (κ3) is 4.25. The number of rotatable bonds is 5. The van der Waals surface area contributed by atoms with Crippen molar-refractivity contribution in [2.45, 2.75) is 32.2 Å². The van der Waals surface area contributed by atoms with Gasteiger partial charge < -0.3 is 10.4 Å². The summed E-state index contributed by atoms with van der Waals surface area (Å²) in [7, 11) is 0. The van der Waals surface area contributed by atoms with Crippen molar-refractivity contribution in [1.29, 1.82) is 0 Å². The SMILES string of the molecule is CC(C)(CCC(=O)O)NC(=O)c1cc(F)c(F)cc1F. The number of benzene rings is 1. The normalized spacial score (nSPS) is 11.2. The zero-order valence-electron chi connectivity index (χ0n) is 11.0. The molecule has 2 N–H and O–H groups in total. The van der Waals surface area contributed by atoms with Gasteiger partial charge in [-0.1, -0.05) is 0 Å². The zero-order valence-corrected chi connectivity index (χ0v) is 11.0. The maximum atomic E-state index is 13.4. The van der Waals surface area contributed by atoms with Gasteiger partial charge in [0.15, 0.2) is 11.6 Å². The van der Waals surface area contributed by atoms with Crippen molar-refractivity contribution in [3.8, 4) is 0 Å². The van der Waals surface area contributed by atoms with Crippen molar-refractivity contribution in [3.63, 3.8) is 0 Å². The van der Waals surface area contributed by atoms with E-state index in [-0.39, 0.29) is 18.9 Å². The number of amides is 1.